The van der Waals surface area contributed by atoms with Gasteiger partial charge in [-0.15, -0.1) is 0 Å². The van der Waals surface area contributed by atoms with Crippen LogP contribution in [0, 0.1) is 0 Å². The number of aromatic nitrogens is 1. The normalized spacial score (nSPS) is 23.3. The topological polar surface area (TPSA) is 46.9 Å². The van der Waals surface area contributed by atoms with Crippen molar-refractivity contribution in [2.75, 3.05) is 27.2 Å². The third kappa shape index (κ3) is 4.15. The number of likely N-dealkylation sites (N-methyl/N-ethyl adjacent to an activating group) is 1. The molecule has 1 fully saturated rings. The molecular weight excluding hydrogens is 447 g/mol. The summed E-state index contributed by atoms with van der Waals surface area (Å²) in [7, 11) is 3.50. The minimum atomic E-state index is -4.39. The van der Waals surface area contributed by atoms with E-state index < -0.39 is 17.4 Å². The van der Waals surface area contributed by atoms with Gasteiger partial charge in [-0.3, -0.25) is 9.69 Å². The first-order chi connectivity index (χ1) is 16.0. The Bertz CT molecular complexity index is 1070. The van der Waals surface area contributed by atoms with Crippen LogP contribution in [0.3, 0.4) is 0 Å². The van der Waals surface area contributed by atoms with Gasteiger partial charge in [0.1, 0.15) is 5.69 Å². The van der Waals surface area contributed by atoms with Gasteiger partial charge in [0.2, 0.25) is 0 Å². The van der Waals surface area contributed by atoms with Gasteiger partial charge in [-0.2, -0.15) is 13.2 Å². The van der Waals surface area contributed by atoms with Crippen molar-refractivity contribution in [2.45, 2.75) is 64.0 Å². The van der Waals surface area contributed by atoms with Gasteiger partial charge in [-0.1, -0.05) is 0 Å². The molecule has 2 aliphatic heterocycles. The summed E-state index contributed by atoms with van der Waals surface area (Å²) in [6.45, 7) is 7.08. The maximum Gasteiger partial charge on any atom is 0.431 e. The molecule has 0 radical (unpaired) electrons. The number of carbonyl (C=O) groups excluding carboxylic acids is 1. The fourth-order valence-corrected chi connectivity index (χ4v) is 5.45. The van der Waals surface area contributed by atoms with E-state index in [0.29, 0.717) is 55.2 Å². The van der Waals surface area contributed by atoms with Crippen LogP contribution in [0.4, 0.5) is 13.2 Å². The Morgan fingerprint density at radius 1 is 1.12 bits per heavy atom. The minimum Gasteiger partial charge on any atom is -0.493 e. The molecule has 2 aliphatic rings. The van der Waals surface area contributed by atoms with Crippen LogP contribution in [0.5, 0.6) is 11.5 Å². The standard InChI is InChI=1S/C25H32F3N3O3/c1-16(2)34-19-7-6-18(14-20(19)33-5)23(32)30-11-10-24(15-17(30)3)21-8-9-22(25(26,27)28)31(21)13-12-29(24)4/h6-9,14,16-17H,10-13,15H2,1-5H3/t17-,24?/m1/s1. The lowest BCUT2D eigenvalue weighted by atomic mass is 9.78. The minimum absolute atomic E-state index is 0.0296. The van der Waals surface area contributed by atoms with Crippen LogP contribution in [0.1, 0.15) is 55.4 Å². The highest BCUT2D eigenvalue weighted by Crippen LogP contribution is 2.45. The highest BCUT2D eigenvalue weighted by atomic mass is 19.4. The summed E-state index contributed by atoms with van der Waals surface area (Å²) in [5.74, 6) is 0.941. The second-order valence-corrected chi connectivity index (χ2v) is 9.54. The van der Waals surface area contributed by atoms with E-state index in [9.17, 15) is 18.0 Å². The largest absolute Gasteiger partial charge is 0.493 e. The molecule has 3 heterocycles. The summed E-state index contributed by atoms with van der Waals surface area (Å²) in [5.41, 5.74) is 0.0433. The zero-order valence-corrected chi connectivity index (χ0v) is 20.3. The summed E-state index contributed by atoms with van der Waals surface area (Å²) in [6, 6.07) is 7.80. The predicted octanol–water partition coefficient (Wildman–Crippen LogP) is 4.77. The summed E-state index contributed by atoms with van der Waals surface area (Å²) < 4.78 is 53.2. The lowest BCUT2D eigenvalue weighted by Crippen LogP contribution is -2.59. The molecular formula is C25H32F3N3O3. The van der Waals surface area contributed by atoms with Crippen molar-refractivity contribution in [3.05, 3.63) is 47.3 Å². The number of amides is 1. The number of carbonyl (C=O) groups is 1. The van der Waals surface area contributed by atoms with Gasteiger partial charge >= 0.3 is 6.18 Å². The third-order valence-corrected chi connectivity index (χ3v) is 7.10. The Balaban J connectivity index is 1.59. The molecule has 1 unspecified atom stereocenters. The molecule has 1 aromatic carbocycles. The van der Waals surface area contributed by atoms with Gasteiger partial charge in [-0.25, -0.2) is 0 Å². The maximum atomic E-state index is 13.5. The number of alkyl halides is 3. The Kier molecular flexibility index (Phi) is 6.35. The zero-order valence-electron chi connectivity index (χ0n) is 20.3. The second kappa shape index (κ2) is 8.83. The van der Waals surface area contributed by atoms with Crippen LogP contribution in [0.25, 0.3) is 0 Å². The molecule has 6 nitrogen and oxygen atoms in total. The monoisotopic (exact) mass is 479 g/mol. The van der Waals surface area contributed by atoms with Gasteiger partial charge in [0.15, 0.2) is 11.5 Å². The number of halogens is 3. The first-order valence-electron chi connectivity index (χ1n) is 11.6. The smallest absolute Gasteiger partial charge is 0.431 e. The summed E-state index contributed by atoms with van der Waals surface area (Å²) >= 11 is 0. The van der Waals surface area contributed by atoms with E-state index >= 15 is 0 Å². The fourth-order valence-electron chi connectivity index (χ4n) is 5.45. The molecule has 2 atom stereocenters. The number of benzene rings is 1. The number of piperidine rings is 1. The van der Waals surface area contributed by atoms with Crippen LogP contribution in [0.2, 0.25) is 0 Å². The number of nitrogens with zero attached hydrogens (tertiary/aromatic N) is 3. The Morgan fingerprint density at radius 3 is 2.47 bits per heavy atom. The first kappa shape index (κ1) is 24.4. The molecule has 1 saturated heterocycles. The first-order valence-corrected chi connectivity index (χ1v) is 11.6. The number of fused-ring (bicyclic) bond motifs is 2. The van der Waals surface area contributed by atoms with E-state index in [-0.39, 0.29) is 18.1 Å². The molecule has 2 aromatic rings. The van der Waals surface area contributed by atoms with Crippen molar-refractivity contribution in [3.8, 4) is 11.5 Å². The van der Waals surface area contributed by atoms with Gasteiger partial charge in [0.05, 0.1) is 18.8 Å². The molecule has 0 saturated carbocycles. The van der Waals surface area contributed by atoms with Crippen molar-refractivity contribution < 1.29 is 27.4 Å². The molecule has 1 spiro atoms. The molecule has 0 bridgehead atoms. The van der Waals surface area contributed by atoms with Crippen molar-refractivity contribution in [2.24, 2.45) is 0 Å². The van der Waals surface area contributed by atoms with Crippen LogP contribution in [-0.2, 0) is 18.3 Å². The van der Waals surface area contributed by atoms with Gasteiger partial charge in [0.25, 0.3) is 5.91 Å². The molecule has 1 aromatic heterocycles. The van der Waals surface area contributed by atoms with Gasteiger partial charge in [-0.05, 0) is 71.0 Å². The maximum absolute atomic E-state index is 13.5. The lowest BCUT2D eigenvalue weighted by Gasteiger charge is -2.53. The van der Waals surface area contributed by atoms with Crippen molar-refractivity contribution in [1.29, 1.82) is 0 Å². The van der Waals surface area contributed by atoms with E-state index in [1.165, 1.54) is 17.7 Å². The van der Waals surface area contributed by atoms with Crippen molar-refractivity contribution >= 4 is 5.91 Å². The van der Waals surface area contributed by atoms with Gasteiger partial charge in [0, 0.05) is 36.9 Å². The SMILES string of the molecule is COc1cc(C(=O)N2CCC3(C[C@H]2C)c2ccc(C(F)(F)F)n2CCN3C)ccc1OC(C)C. The van der Waals surface area contributed by atoms with Crippen LogP contribution >= 0.6 is 0 Å². The van der Waals surface area contributed by atoms with E-state index in [4.69, 9.17) is 9.47 Å². The predicted molar refractivity (Wildman–Crippen MR) is 122 cm³/mol. The zero-order chi connectivity index (χ0) is 24.8. The van der Waals surface area contributed by atoms with Gasteiger partial charge < -0.3 is 18.9 Å². The van der Waals surface area contributed by atoms with Crippen LogP contribution < -0.4 is 9.47 Å². The summed E-state index contributed by atoms with van der Waals surface area (Å²) in [6.07, 6.45) is -3.30. The average molecular weight is 480 g/mol. The van der Waals surface area contributed by atoms with Crippen molar-refractivity contribution in [3.63, 3.8) is 0 Å². The number of ether oxygens (including phenoxy) is 2. The quantitative estimate of drug-likeness (QED) is 0.634. The number of likely N-dealkylation sites (tertiary alicyclic amines) is 1. The number of hydrogen-bond donors (Lipinski definition) is 0. The summed E-state index contributed by atoms with van der Waals surface area (Å²) in [4.78, 5) is 17.4. The Morgan fingerprint density at radius 2 is 1.85 bits per heavy atom. The summed E-state index contributed by atoms with van der Waals surface area (Å²) in [5, 5.41) is 0. The van der Waals surface area contributed by atoms with Crippen LogP contribution in [-0.4, -0.2) is 59.7 Å². The lowest BCUT2D eigenvalue weighted by molar-refractivity contribution is -0.145. The van der Waals surface area contributed by atoms with E-state index in [2.05, 4.69) is 4.90 Å². The van der Waals surface area contributed by atoms with E-state index in [1.54, 1.807) is 24.3 Å². The molecule has 1 amide bonds. The van der Waals surface area contributed by atoms with Crippen LogP contribution in [0.15, 0.2) is 30.3 Å². The molecule has 9 heteroatoms. The second-order valence-electron chi connectivity index (χ2n) is 9.54. The highest BCUT2D eigenvalue weighted by molar-refractivity contribution is 5.95. The Hall–Kier alpha value is -2.68. The molecule has 4 rings (SSSR count). The molecule has 0 N–H and O–H groups in total. The fraction of sp³-hybridized carbons (Fsp3) is 0.560. The Labute approximate surface area is 198 Å². The third-order valence-electron chi connectivity index (χ3n) is 7.10. The molecule has 34 heavy (non-hydrogen) atoms. The van der Waals surface area contributed by atoms with Crippen molar-refractivity contribution in [1.82, 2.24) is 14.4 Å². The number of rotatable bonds is 4. The highest BCUT2D eigenvalue weighted by Gasteiger charge is 2.49. The number of methoxy groups -OCH3 is 1. The number of hydrogen-bond acceptors (Lipinski definition) is 4. The molecule has 186 valence electrons. The average Bonchev–Trinajstić information content (AvgIpc) is 3.22. The van der Waals surface area contributed by atoms with E-state index in [1.807, 2.05) is 32.7 Å². The molecule has 0 aliphatic carbocycles. The van der Waals surface area contributed by atoms with E-state index in [0.717, 1.165) is 0 Å².